The van der Waals surface area contributed by atoms with Crippen molar-refractivity contribution >= 4 is 25.9 Å². The third-order valence-corrected chi connectivity index (χ3v) is 7.77. The fourth-order valence-electron chi connectivity index (χ4n) is 2.75. The molecule has 0 aliphatic heterocycles. The molecular formula is C18H31N5O4S2. The molecule has 1 atom stereocenters. The summed E-state index contributed by atoms with van der Waals surface area (Å²) in [5, 5.41) is 10.7. The first kappa shape index (κ1) is 25.1. The van der Waals surface area contributed by atoms with Crippen LogP contribution in [0.3, 0.4) is 0 Å². The maximum atomic E-state index is 12.8. The molecule has 0 spiro atoms. The second-order valence-electron chi connectivity index (χ2n) is 6.79. The highest BCUT2D eigenvalue weighted by Crippen LogP contribution is 2.26. The van der Waals surface area contributed by atoms with Gasteiger partial charge in [0.25, 0.3) is 0 Å². The monoisotopic (exact) mass is 445 g/mol. The molecular weight excluding hydrogens is 414 g/mol. The average Bonchev–Trinajstić information content (AvgIpc) is 2.61. The molecule has 1 aromatic rings. The number of rotatable bonds is 13. The Labute approximate surface area is 174 Å². The van der Waals surface area contributed by atoms with E-state index in [9.17, 15) is 16.8 Å². The van der Waals surface area contributed by atoms with E-state index < -0.39 is 20.2 Å². The summed E-state index contributed by atoms with van der Waals surface area (Å²) in [4.78, 5) is 1.60. The van der Waals surface area contributed by atoms with Gasteiger partial charge in [0, 0.05) is 25.7 Å². The molecule has 29 heavy (non-hydrogen) atoms. The molecule has 0 aromatic heterocycles. The number of hydrogen-bond acceptors (Lipinski definition) is 7. The Morgan fingerprint density at radius 2 is 1.79 bits per heavy atom. The summed E-state index contributed by atoms with van der Waals surface area (Å²) in [6.07, 6.45) is 1.54. The molecule has 0 aliphatic carbocycles. The van der Waals surface area contributed by atoms with Crippen molar-refractivity contribution in [1.82, 2.24) is 18.6 Å². The van der Waals surface area contributed by atoms with Gasteiger partial charge in [-0.25, -0.2) is 8.42 Å². The molecule has 3 N–H and O–H groups in total. The molecule has 9 nitrogen and oxygen atoms in total. The summed E-state index contributed by atoms with van der Waals surface area (Å²) in [6, 6.07) is 9.01. The van der Waals surface area contributed by atoms with Crippen molar-refractivity contribution < 1.29 is 16.8 Å². The average molecular weight is 446 g/mol. The summed E-state index contributed by atoms with van der Waals surface area (Å²) >= 11 is 0. The SMILES string of the molecule is C=C(NS(=O)(=O)N(CCCNC)S(C)(=O)=O)N(C)C(CC(C)=N)c1ccccc1. The van der Waals surface area contributed by atoms with E-state index in [1.54, 1.807) is 25.9 Å². The van der Waals surface area contributed by atoms with E-state index in [1.165, 1.54) is 0 Å². The van der Waals surface area contributed by atoms with Gasteiger partial charge in [-0.3, -0.25) is 4.72 Å². The lowest BCUT2D eigenvalue weighted by Gasteiger charge is -2.33. The molecule has 0 aliphatic rings. The molecule has 1 aromatic carbocycles. The van der Waals surface area contributed by atoms with Gasteiger partial charge in [-0.05, 0) is 32.5 Å². The number of benzene rings is 1. The normalized spacial score (nSPS) is 13.1. The maximum Gasteiger partial charge on any atom is 0.315 e. The zero-order chi connectivity index (χ0) is 22.2. The van der Waals surface area contributed by atoms with E-state index in [4.69, 9.17) is 5.41 Å². The molecule has 0 radical (unpaired) electrons. The second-order valence-corrected chi connectivity index (χ2v) is 10.5. The van der Waals surface area contributed by atoms with E-state index in [1.807, 2.05) is 30.3 Å². The van der Waals surface area contributed by atoms with E-state index in [-0.39, 0.29) is 18.4 Å². The highest BCUT2D eigenvalue weighted by Gasteiger charge is 2.32. The molecule has 164 valence electrons. The predicted molar refractivity (Wildman–Crippen MR) is 116 cm³/mol. The third kappa shape index (κ3) is 7.77. The lowest BCUT2D eigenvalue weighted by molar-refractivity contribution is 0.305. The molecule has 11 heteroatoms. The Balaban J connectivity index is 3.08. The van der Waals surface area contributed by atoms with Gasteiger partial charge < -0.3 is 15.6 Å². The van der Waals surface area contributed by atoms with Crippen LogP contribution in [0.4, 0.5) is 0 Å². The van der Waals surface area contributed by atoms with Crippen LogP contribution in [0.25, 0.3) is 0 Å². The van der Waals surface area contributed by atoms with E-state index in [0.717, 1.165) is 11.8 Å². The third-order valence-electron chi connectivity index (χ3n) is 4.23. The lowest BCUT2D eigenvalue weighted by Crippen LogP contribution is -2.46. The van der Waals surface area contributed by atoms with Gasteiger partial charge in [-0.2, -0.15) is 8.42 Å². The molecule has 0 amide bonds. The zero-order valence-corrected chi connectivity index (χ0v) is 19.0. The fourth-order valence-corrected chi connectivity index (χ4v) is 5.66. The molecule has 0 saturated carbocycles. The van der Waals surface area contributed by atoms with Crippen molar-refractivity contribution in [2.45, 2.75) is 25.8 Å². The lowest BCUT2D eigenvalue weighted by atomic mass is 10.0. The predicted octanol–water partition coefficient (Wildman–Crippen LogP) is 1.27. The van der Waals surface area contributed by atoms with Crippen LogP contribution in [-0.2, 0) is 20.2 Å². The maximum absolute atomic E-state index is 12.8. The highest BCUT2D eigenvalue weighted by molar-refractivity contribution is 8.02. The first-order chi connectivity index (χ1) is 13.4. The highest BCUT2D eigenvalue weighted by atomic mass is 32.3. The van der Waals surface area contributed by atoms with Crippen LogP contribution < -0.4 is 10.0 Å². The largest absolute Gasteiger partial charge is 0.354 e. The number of hydrogen-bond donors (Lipinski definition) is 3. The number of nitrogens with one attached hydrogen (secondary N) is 3. The minimum absolute atomic E-state index is 0.0161. The molecule has 0 heterocycles. The molecule has 1 unspecified atom stereocenters. The van der Waals surface area contributed by atoms with Crippen LogP contribution in [0.2, 0.25) is 0 Å². The van der Waals surface area contributed by atoms with Crippen molar-refractivity contribution in [3.8, 4) is 0 Å². The smallest absolute Gasteiger partial charge is 0.315 e. The minimum atomic E-state index is -4.38. The Morgan fingerprint density at radius 3 is 2.28 bits per heavy atom. The summed E-state index contributed by atoms with van der Waals surface area (Å²) in [7, 11) is -5.03. The van der Waals surface area contributed by atoms with Crippen molar-refractivity contribution in [2.24, 2.45) is 0 Å². The van der Waals surface area contributed by atoms with Crippen LogP contribution in [0.15, 0.2) is 42.7 Å². The van der Waals surface area contributed by atoms with Gasteiger partial charge in [0.05, 0.1) is 12.3 Å². The van der Waals surface area contributed by atoms with Gasteiger partial charge >= 0.3 is 10.2 Å². The van der Waals surface area contributed by atoms with Crippen molar-refractivity contribution in [3.63, 3.8) is 0 Å². The fraction of sp³-hybridized carbons (Fsp3) is 0.500. The molecule has 1 rings (SSSR count). The first-order valence-electron chi connectivity index (χ1n) is 9.06. The quantitative estimate of drug-likeness (QED) is 0.310. The van der Waals surface area contributed by atoms with Crippen molar-refractivity contribution in [2.75, 3.05) is 33.4 Å². The van der Waals surface area contributed by atoms with Gasteiger partial charge in [-0.1, -0.05) is 40.6 Å². The van der Waals surface area contributed by atoms with E-state index >= 15 is 0 Å². The first-order valence-corrected chi connectivity index (χ1v) is 12.3. The molecule has 0 saturated heterocycles. The van der Waals surface area contributed by atoms with Crippen LogP contribution in [-0.4, -0.2) is 64.6 Å². The van der Waals surface area contributed by atoms with Crippen LogP contribution >= 0.6 is 0 Å². The Kier molecular flexibility index (Phi) is 9.27. The molecule has 0 bridgehead atoms. The van der Waals surface area contributed by atoms with Crippen LogP contribution in [0.5, 0.6) is 0 Å². The van der Waals surface area contributed by atoms with E-state index in [2.05, 4.69) is 16.6 Å². The van der Waals surface area contributed by atoms with Gasteiger partial charge in [0.1, 0.15) is 5.82 Å². The topological polar surface area (TPSA) is 123 Å². The van der Waals surface area contributed by atoms with Crippen LogP contribution in [0.1, 0.15) is 31.4 Å². The zero-order valence-electron chi connectivity index (χ0n) is 17.3. The number of nitrogens with zero attached hydrogens (tertiary/aromatic N) is 2. The Morgan fingerprint density at radius 1 is 1.21 bits per heavy atom. The van der Waals surface area contributed by atoms with Gasteiger partial charge in [0.15, 0.2) is 0 Å². The molecule has 0 fully saturated rings. The van der Waals surface area contributed by atoms with Gasteiger partial charge in [0.2, 0.25) is 10.0 Å². The second kappa shape index (κ2) is 10.7. The van der Waals surface area contributed by atoms with Crippen LogP contribution in [0, 0.1) is 5.41 Å². The Hall–Kier alpha value is -1.95. The summed E-state index contributed by atoms with van der Waals surface area (Å²) in [5.74, 6) is 0.0161. The van der Waals surface area contributed by atoms with Crippen molar-refractivity contribution in [3.05, 3.63) is 48.3 Å². The Bertz CT molecular complexity index is 901. The summed E-state index contributed by atoms with van der Waals surface area (Å²) in [6.45, 7) is 5.74. The summed E-state index contributed by atoms with van der Waals surface area (Å²) in [5.41, 5.74) is 1.31. The minimum Gasteiger partial charge on any atom is -0.354 e. The number of sulfonamides is 1. The summed E-state index contributed by atoms with van der Waals surface area (Å²) < 4.78 is 52.3. The standard InChI is InChI=1S/C18H31N5O4S2/c1-15(19)14-18(17-10-7-6-8-11-17)22(4)16(2)21-29(26,27)23(28(5,24)25)13-9-12-20-3/h6-8,10-11,18-21H,2,9,12-14H2,1,3-5H3. The van der Waals surface area contributed by atoms with E-state index in [0.29, 0.717) is 28.8 Å². The van der Waals surface area contributed by atoms with Gasteiger partial charge in [-0.15, -0.1) is 0 Å². The van der Waals surface area contributed by atoms with Crippen molar-refractivity contribution in [1.29, 1.82) is 5.41 Å².